The molecule has 1 aromatic carbocycles. The molecule has 24 heavy (non-hydrogen) atoms. The van der Waals surface area contributed by atoms with Crippen molar-refractivity contribution in [2.24, 2.45) is 0 Å². The van der Waals surface area contributed by atoms with Gasteiger partial charge in [-0.2, -0.15) is 0 Å². The zero-order valence-corrected chi connectivity index (χ0v) is 16.3. The largest absolute Gasteiger partial charge is 0.392 e. The molecule has 1 N–H and O–H groups in total. The van der Waals surface area contributed by atoms with Crippen LogP contribution in [-0.4, -0.2) is 20.1 Å². The fraction of sp³-hybridized carbons (Fsp3) is 0.214. The van der Waals surface area contributed by atoms with E-state index in [2.05, 4.69) is 15.0 Å². The van der Waals surface area contributed by atoms with E-state index in [0.717, 1.165) is 11.1 Å². The van der Waals surface area contributed by atoms with Crippen LogP contribution in [0, 0.1) is 0 Å². The predicted molar refractivity (Wildman–Crippen MR) is 99.6 cm³/mol. The van der Waals surface area contributed by atoms with Crippen LogP contribution in [0.4, 0.5) is 0 Å². The Morgan fingerprint density at radius 1 is 0.792 bits per heavy atom. The number of halogens is 6. The van der Waals surface area contributed by atoms with Crippen LogP contribution in [0.3, 0.4) is 0 Å². The molecule has 1 aromatic heterocycles. The van der Waals surface area contributed by atoms with E-state index >= 15 is 0 Å². The maximum Gasteiger partial charge on any atom is 0.250 e. The molecule has 10 heteroatoms. The van der Waals surface area contributed by atoms with Crippen LogP contribution < -0.4 is 0 Å². The van der Waals surface area contributed by atoms with Gasteiger partial charge in [0.1, 0.15) is 0 Å². The molecule has 128 valence electrons. The van der Waals surface area contributed by atoms with Crippen molar-refractivity contribution in [3.63, 3.8) is 0 Å². The Morgan fingerprint density at radius 3 is 1.71 bits per heavy atom. The van der Waals surface area contributed by atoms with Crippen LogP contribution in [0.1, 0.15) is 28.6 Å². The first kappa shape index (κ1) is 20.0. The standard InChI is InChI=1S/C14H9Cl6N3O/c15-13(16,17)11-21-10(22-12(23-11)14(18,19)20)6-5-8-1-3-9(7-24)4-2-8/h1-6,24H,7H2. The van der Waals surface area contributed by atoms with Crippen molar-refractivity contribution >= 4 is 81.8 Å². The minimum Gasteiger partial charge on any atom is -0.392 e. The van der Waals surface area contributed by atoms with Gasteiger partial charge in [0.25, 0.3) is 0 Å². The van der Waals surface area contributed by atoms with E-state index < -0.39 is 7.59 Å². The second kappa shape index (κ2) is 7.92. The molecule has 0 atom stereocenters. The number of alkyl halides is 6. The summed E-state index contributed by atoms with van der Waals surface area (Å²) in [6.07, 6.45) is 3.29. The molecule has 0 unspecified atom stereocenters. The van der Waals surface area contributed by atoms with Gasteiger partial charge in [0.15, 0.2) is 17.5 Å². The van der Waals surface area contributed by atoms with E-state index in [1.807, 2.05) is 12.1 Å². The van der Waals surface area contributed by atoms with Crippen molar-refractivity contribution in [2.45, 2.75) is 14.2 Å². The first-order valence-electron chi connectivity index (χ1n) is 6.38. The summed E-state index contributed by atoms with van der Waals surface area (Å²) in [5.41, 5.74) is 1.64. The Balaban J connectivity index is 2.39. The smallest absolute Gasteiger partial charge is 0.250 e. The van der Waals surface area contributed by atoms with Crippen molar-refractivity contribution < 1.29 is 5.11 Å². The van der Waals surface area contributed by atoms with Gasteiger partial charge < -0.3 is 5.11 Å². The molecule has 0 radical (unpaired) electrons. The van der Waals surface area contributed by atoms with Gasteiger partial charge >= 0.3 is 0 Å². The fourth-order valence-electron chi connectivity index (χ4n) is 1.63. The Labute approximate surface area is 168 Å². The summed E-state index contributed by atoms with van der Waals surface area (Å²) in [4.78, 5) is 12.0. The molecule has 0 amide bonds. The molecule has 0 aliphatic carbocycles. The molecule has 2 rings (SSSR count). The van der Waals surface area contributed by atoms with Crippen LogP contribution in [-0.2, 0) is 14.2 Å². The Bertz CT molecular complexity index is 705. The molecule has 0 saturated heterocycles. The SMILES string of the molecule is OCc1ccc(C=Cc2nc(C(Cl)(Cl)Cl)nc(C(Cl)(Cl)Cl)n2)cc1. The summed E-state index contributed by atoms with van der Waals surface area (Å²) in [7, 11) is 0. The first-order valence-corrected chi connectivity index (χ1v) is 8.65. The highest BCUT2D eigenvalue weighted by Crippen LogP contribution is 2.39. The predicted octanol–water partition coefficient (Wildman–Crippen LogP) is 5.19. The van der Waals surface area contributed by atoms with Crippen LogP contribution in [0.5, 0.6) is 0 Å². The number of hydrogen-bond donors (Lipinski definition) is 1. The molecule has 0 bridgehead atoms. The number of nitrogens with zero attached hydrogens (tertiary/aromatic N) is 3. The van der Waals surface area contributed by atoms with Crippen LogP contribution in [0.25, 0.3) is 12.2 Å². The third-order valence-electron chi connectivity index (χ3n) is 2.75. The molecule has 1 heterocycles. The Morgan fingerprint density at radius 2 is 1.29 bits per heavy atom. The Kier molecular flexibility index (Phi) is 6.59. The lowest BCUT2D eigenvalue weighted by atomic mass is 10.1. The number of benzene rings is 1. The van der Waals surface area contributed by atoms with Gasteiger partial charge in [0.2, 0.25) is 7.59 Å². The lowest BCUT2D eigenvalue weighted by molar-refractivity contribution is 0.282. The normalized spacial score (nSPS) is 12.8. The van der Waals surface area contributed by atoms with Gasteiger partial charge in [0.05, 0.1) is 6.61 Å². The number of rotatable bonds is 3. The van der Waals surface area contributed by atoms with E-state index in [4.69, 9.17) is 74.7 Å². The third-order valence-corrected chi connectivity index (χ3v) is 3.76. The molecule has 0 spiro atoms. The van der Waals surface area contributed by atoms with Gasteiger partial charge in [-0.3, -0.25) is 0 Å². The molecular weight excluding hydrogens is 439 g/mol. The second-order valence-corrected chi connectivity index (χ2v) is 9.13. The summed E-state index contributed by atoms with van der Waals surface area (Å²) < 4.78 is -3.78. The highest BCUT2D eigenvalue weighted by molar-refractivity contribution is 6.67. The van der Waals surface area contributed by atoms with Crippen molar-refractivity contribution in [3.8, 4) is 0 Å². The number of aliphatic hydroxyl groups is 1. The summed E-state index contributed by atoms with van der Waals surface area (Å²) in [5.74, 6) is -0.142. The summed E-state index contributed by atoms with van der Waals surface area (Å²) in [5, 5.41) is 9.03. The zero-order chi connectivity index (χ0) is 18.0. The number of hydrogen-bond acceptors (Lipinski definition) is 4. The monoisotopic (exact) mass is 445 g/mol. The first-order chi connectivity index (χ1) is 11.1. The lowest BCUT2D eigenvalue weighted by Crippen LogP contribution is -2.16. The summed E-state index contributed by atoms with van der Waals surface area (Å²) >= 11 is 34.8. The highest BCUT2D eigenvalue weighted by Gasteiger charge is 2.33. The van der Waals surface area contributed by atoms with Crippen molar-refractivity contribution in [1.82, 2.24) is 15.0 Å². The van der Waals surface area contributed by atoms with E-state index in [-0.39, 0.29) is 24.1 Å². The Hall–Kier alpha value is -0.330. The van der Waals surface area contributed by atoms with E-state index in [9.17, 15) is 0 Å². The number of aliphatic hydroxyl groups excluding tert-OH is 1. The van der Waals surface area contributed by atoms with Crippen LogP contribution >= 0.6 is 69.6 Å². The quantitative estimate of drug-likeness (QED) is 0.658. The minimum atomic E-state index is -1.89. The lowest BCUT2D eigenvalue weighted by Gasteiger charge is -2.14. The van der Waals surface area contributed by atoms with Crippen molar-refractivity contribution in [3.05, 3.63) is 52.9 Å². The van der Waals surface area contributed by atoms with Gasteiger partial charge in [-0.15, -0.1) is 0 Å². The zero-order valence-electron chi connectivity index (χ0n) is 11.7. The topological polar surface area (TPSA) is 58.9 Å². The average Bonchev–Trinajstić information content (AvgIpc) is 2.51. The maximum absolute atomic E-state index is 9.03. The van der Waals surface area contributed by atoms with Crippen molar-refractivity contribution in [1.29, 1.82) is 0 Å². The molecule has 0 aliphatic rings. The van der Waals surface area contributed by atoms with E-state index in [0.29, 0.717) is 0 Å². The second-order valence-electron chi connectivity index (χ2n) is 4.57. The highest BCUT2D eigenvalue weighted by atomic mass is 35.6. The van der Waals surface area contributed by atoms with Gasteiger partial charge in [-0.25, -0.2) is 15.0 Å². The molecule has 4 nitrogen and oxygen atoms in total. The average molecular weight is 448 g/mol. The molecule has 2 aromatic rings. The third kappa shape index (κ3) is 5.60. The van der Waals surface area contributed by atoms with Crippen molar-refractivity contribution in [2.75, 3.05) is 0 Å². The van der Waals surface area contributed by atoms with E-state index in [1.165, 1.54) is 0 Å². The van der Waals surface area contributed by atoms with E-state index in [1.54, 1.807) is 24.3 Å². The maximum atomic E-state index is 9.03. The van der Waals surface area contributed by atoms with Gasteiger partial charge in [0, 0.05) is 0 Å². The molecular formula is C14H9Cl6N3O. The summed E-state index contributed by atoms with van der Waals surface area (Å²) in [6.45, 7) is -0.0311. The molecule has 0 fully saturated rings. The van der Waals surface area contributed by atoms with Gasteiger partial charge in [-0.1, -0.05) is 99.9 Å². The fourth-order valence-corrected chi connectivity index (χ4v) is 2.13. The molecule has 0 saturated carbocycles. The molecule has 0 aliphatic heterocycles. The van der Waals surface area contributed by atoms with Gasteiger partial charge in [-0.05, 0) is 17.2 Å². The number of aromatic nitrogens is 3. The van der Waals surface area contributed by atoms with Crippen LogP contribution in [0.2, 0.25) is 0 Å². The van der Waals surface area contributed by atoms with Crippen LogP contribution in [0.15, 0.2) is 24.3 Å². The minimum absolute atomic E-state index is 0.0311. The summed E-state index contributed by atoms with van der Waals surface area (Å²) in [6, 6.07) is 7.20.